The van der Waals surface area contributed by atoms with Crippen molar-refractivity contribution in [3.8, 4) is 5.75 Å². The summed E-state index contributed by atoms with van der Waals surface area (Å²) >= 11 is 5.50. The predicted molar refractivity (Wildman–Crippen MR) is 335 cm³/mol. The van der Waals surface area contributed by atoms with Crippen molar-refractivity contribution in [2.45, 2.75) is 206 Å². The van der Waals surface area contributed by atoms with E-state index in [2.05, 4.69) is 24.5 Å². The van der Waals surface area contributed by atoms with Gasteiger partial charge in [-0.15, -0.1) is 0 Å². The van der Waals surface area contributed by atoms with E-state index in [9.17, 15) is 58.7 Å². The van der Waals surface area contributed by atoms with Gasteiger partial charge in [0.1, 0.15) is 18.4 Å². The number of phosphoric acid groups is 1. The van der Waals surface area contributed by atoms with Crippen molar-refractivity contribution in [3.05, 3.63) is 23.8 Å². The maximum atomic E-state index is 13.3. The Morgan fingerprint density at radius 1 is 0.570 bits per heavy atom. The maximum Gasteiger partial charge on any atom is 0.472 e. The lowest BCUT2D eigenvalue weighted by Crippen LogP contribution is -2.49. The normalized spacial score (nSPS) is 15.5. The summed E-state index contributed by atoms with van der Waals surface area (Å²) in [5, 5.41) is 45.6. The number of anilines is 1. The molecule has 1 aromatic carbocycles. The van der Waals surface area contributed by atoms with Crippen LogP contribution in [0.15, 0.2) is 18.2 Å². The van der Waals surface area contributed by atoms with Crippen LogP contribution in [-0.2, 0) is 51.9 Å². The van der Waals surface area contributed by atoms with Gasteiger partial charge >= 0.3 is 43.6 Å². The lowest BCUT2D eigenvalue weighted by molar-refractivity contribution is -0.161. The molecule has 25 heteroatoms. The van der Waals surface area contributed by atoms with E-state index in [0.29, 0.717) is 18.5 Å². The summed E-state index contributed by atoms with van der Waals surface area (Å²) in [6.45, 7) is 2.67. The van der Waals surface area contributed by atoms with Crippen molar-refractivity contribution in [1.29, 1.82) is 0 Å². The lowest BCUT2D eigenvalue weighted by Gasteiger charge is -2.35. The van der Waals surface area contributed by atoms with Gasteiger partial charge in [-0.25, -0.2) is 4.57 Å². The van der Waals surface area contributed by atoms with Crippen molar-refractivity contribution >= 4 is 66.7 Å². The fourth-order valence-corrected chi connectivity index (χ4v) is 11.3. The number of ether oxygens (including phenoxy) is 3. The van der Waals surface area contributed by atoms with E-state index < -0.39 is 75.5 Å². The van der Waals surface area contributed by atoms with Crippen LogP contribution in [0.2, 0.25) is 0 Å². The molecular formula is C61H107N6O17PS. The molecule has 1 aliphatic heterocycles. The van der Waals surface area contributed by atoms with E-state index >= 15 is 0 Å². The van der Waals surface area contributed by atoms with Gasteiger partial charge in [0.25, 0.3) is 0 Å². The molecule has 2 rings (SSSR count). The van der Waals surface area contributed by atoms with Crippen molar-refractivity contribution in [3.63, 3.8) is 0 Å². The van der Waals surface area contributed by atoms with Crippen molar-refractivity contribution < 1.29 is 81.9 Å². The largest absolute Gasteiger partial charge is 0.496 e. The first-order valence-electron chi connectivity index (χ1n) is 31.8. The number of benzene rings is 1. The average Bonchev–Trinajstić information content (AvgIpc) is 2.97. The number of rotatable bonds is 49. The Labute approximate surface area is 517 Å². The van der Waals surface area contributed by atoms with E-state index in [0.717, 1.165) is 44.9 Å². The number of phosphoric ester groups is 1. The summed E-state index contributed by atoms with van der Waals surface area (Å²) in [6.07, 6.45) is 29.3. The Morgan fingerprint density at radius 3 is 1.38 bits per heavy atom. The van der Waals surface area contributed by atoms with Crippen LogP contribution in [0.3, 0.4) is 0 Å². The van der Waals surface area contributed by atoms with Gasteiger partial charge in [0.2, 0.25) is 0 Å². The molecule has 0 aromatic heterocycles. The molecule has 0 spiro atoms. The van der Waals surface area contributed by atoms with Crippen molar-refractivity contribution in [1.82, 2.24) is 24.9 Å². The number of unbranched alkanes of at least 4 members (excludes halogenated alkanes) is 24. The molecule has 0 radical (unpaired) electrons. The van der Waals surface area contributed by atoms with Gasteiger partial charge in [-0.05, 0) is 43.3 Å². The van der Waals surface area contributed by atoms with Crippen LogP contribution in [0, 0.1) is 0 Å². The van der Waals surface area contributed by atoms with E-state index in [4.69, 9.17) is 35.5 Å². The summed E-state index contributed by atoms with van der Waals surface area (Å²) in [4.78, 5) is 91.5. The third-order valence-electron chi connectivity index (χ3n) is 15.1. The number of aliphatic carboxylic acids is 4. The SMILES string of the molecule is CCCCCCCCCCCCCCCC(=O)OCC(COP(=O)(O)OCCNC(=S)Nc1ccc(OC)c(C(C(=O)O)N2CCN(CC(=O)O)CCN(CC(=O)O)CCN(CC(=O)O)CC2)c1)OC(=O)CCCCCCCCCCCCCCC. The first-order chi connectivity index (χ1) is 41.4. The Kier molecular flexibility index (Phi) is 43.7. The number of carboxylic acids is 4. The van der Waals surface area contributed by atoms with E-state index in [1.54, 1.807) is 25.7 Å². The summed E-state index contributed by atoms with van der Waals surface area (Å²) in [5.74, 6) is -5.43. The number of thiocarbonyl (C=S) groups is 1. The zero-order valence-corrected chi connectivity index (χ0v) is 53.8. The molecule has 23 nitrogen and oxygen atoms in total. The minimum atomic E-state index is -4.75. The zero-order valence-electron chi connectivity index (χ0n) is 52.1. The molecule has 0 saturated carbocycles. The standard InChI is InChI=1S/C61H107N6O17PS/c1-4-6-8-10-12-14-16-18-20-22-24-26-28-30-57(74)81-48-51(84-58(75)31-29-27-25-23-21-19-17-15-13-11-9-7-5-2)49-83-85(78,79)82-43-34-62-61(86)63-50-32-33-53(80-3)52(44-50)59(60(76)77)67-41-39-65(46-55(70)71)37-35-64(45-54(68)69)36-38-66(40-42-67)47-56(72)73/h32-33,44,51,59H,4-31,34-43,45-49H2,1-3H3,(H,68,69)(H,70,71)(H,72,73)(H,76,77)(H,78,79)(H2,62,63,86). The van der Waals surface area contributed by atoms with Crippen molar-refractivity contribution in [2.24, 2.45) is 0 Å². The number of nitrogens with zero attached hydrogens (tertiary/aromatic N) is 4. The molecule has 494 valence electrons. The van der Waals surface area contributed by atoms with E-state index in [1.807, 2.05) is 0 Å². The van der Waals surface area contributed by atoms with Gasteiger partial charge in [0, 0.05) is 83.0 Å². The smallest absolute Gasteiger partial charge is 0.472 e. The van der Waals surface area contributed by atoms with Gasteiger partial charge in [-0.1, -0.05) is 168 Å². The second-order valence-electron chi connectivity index (χ2n) is 22.5. The van der Waals surface area contributed by atoms with Crippen molar-refractivity contribution in [2.75, 3.05) is 111 Å². The zero-order chi connectivity index (χ0) is 63.2. The van der Waals surface area contributed by atoms with Crippen LogP contribution in [0.5, 0.6) is 5.75 Å². The molecule has 0 bridgehead atoms. The second kappa shape index (κ2) is 48.4. The minimum absolute atomic E-state index is 0.0155. The quantitative estimate of drug-likeness (QED) is 0.0138. The third kappa shape index (κ3) is 39.4. The highest BCUT2D eigenvalue weighted by Crippen LogP contribution is 2.43. The first kappa shape index (κ1) is 77.6. The fraction of sp³-hybridized carbons (Fsp3) is 0.787. The number of carbonyl (C=O) groups excluding carboxylic acids is 2. The molecule has 1 heterocycles. The molecule has 86 heavy (non-hydrogen) atoms. The molecule has 1 fully saturated rings. The Hall–Kier alpha value is -4.52. The third-order valence-corrected chi connectivity index (χ3v) is 16.3. The van der Waals surface area contributed by atoms with Crippen LogP contribution in [0.4, 0.5) is 5.69 Å². The van der Waals surface area contributed by atoms with Gasteiger partial charge in [-0.3, -0.25) is 57.4 Å². The topological polar surface area (TPSA) is 304 Å². The number of carboxylic acid groups (broad SMARTS) is 4. The number of carbonyl (C=O) groups is 6. The summed E-state index contributed by atoms with van der Waals surface area (Å²) in [7, 11) is -3.38. The Balaban J connectivity index is 2.03. The van der Waals surface area contributed by atoms with E-state index in [-0.39, 0.29) is 108 Å². The number of esters is 2. The summed E-state index contributed by atoms with van der Waals surface area (Å²) in [5.41, 5.74) is 0.520. The molecule has 1 saturated heterocycles. The number of hydrogen-bond acceptors (Lipinski definition) is 17. The minimum Gasteiger partial charge on any atom is -0.496 e. The fourth-order valence-electron chi connectivity index (χ4n) is 10.3. The van der Waals surface area contributed by atoms with Crippen LogP contribution >= 0.6 is 20.0 Å². The molecule has 3 unspecified atom stereocenters. The molecule has 0 amide bonds. The summed E-state index contributed by atoms with van der Waals surface area (Å²) in [6, 6.07) is 3.25. The lowest BCUT2D eigenvalue weighted by atomic mass is 10.0. The van der Waals surface area contributed by atoms with Gasteiger partial charge in [0.05, 0.1) is 40.0 Å². The molecule has 3 atom stereocenters. The molecule has 7 N–H and O–H groups in total. The second-order valence-corrected chi connectivity index (χ2v) is 24.4. The van der Waals surface area contributed by atoms with Crippen LogP contribution in [0.25, 0.3) is 0 Å². The van der Waals surface area contributed by atoms with Crippen LogP contribution in [-0.4, -0.2) is 197 Å². The maximum absolute atomic E-state index is 13.3. The highest BCUT2D eigenvalue weighted by Gasteiger charge is 2.33. The predicted octanol–water partition coefficient (Wildman–Crippen LogP) is 10.1. The first-order valence-corrected chi connectivity index (χ1v) is 33.8. The van der Waals surface area contributed by atoms with Gasteiger partial charge in [-0.2, -0.15) is 0 Å². The monoisotopic (exact) mass is 1260 g/mol. The molecule has 1 aliphatic rings. The molecular weight excluding hydrogens is 1150 g/mol. The van der Waals surface area contributed by atoms with Crippen LogP contribution in [0.1, 0.15) is 205 Å². The number of nitrogens with one attached hydrogen (secondary N) is 2. The Morgan fingerprint density at radius 2 is 0.977 bits per heavy atom. The van der Waals surface area contributed by atoms with Crippen LogP contribution < -0.4 is 15.4 Å². The average molecular weight is 1260 g/mol. The van der Waals surface area contributed by atoms with E-state index in [1.165, 1.54) is 128 Å². The molecule has 1 aromatic rings. The highest BCUT2D eigenvalue weighted by atomic mass is 32.1. The molecule has 0 aliphatic carbocycles. The van der Waals surface area contributed by atoms with Gasteiger partial charge < -0.3 is 50.2 Å². The summed E-state index contributed by atoms with van der Waals surface area (Å²) < 4.78 is 40.3. The number of hydrogen-bond donors (Lipinski definition) is 7. The van der Waals surface area contributed by atoms with Gasteiger partial charge in [0.15, 0.2) is 11.2 Å². The Bertz CT molecular complexity index is 2100. The number of methoxy groups -OCH3 is 1. The highest BCUT2D eigenvalue weighted by molar-refractivity contribution is 7.80.